The van der Waals surface area contributed by atoms with Gasteiger partial charge in [0, 0.05) is 29.9 Å². The van der Waals surface area contributed by atoms with Crippen molar-refractivity contribution in [2.75, 3.05) is 11.4 Å². The second kappa shape index (κ2) is 6.30. The van der Waals surface area contributed by atoms with Crippen molar-refractivity contribution in [1.82, 2.24) is 5.32 Å². The minimum Gasteiger partial charge on any atom is -0.404 e. The monoisotopic (exact) mass is 362 g/mol. The molecule has 0 aromatic heterocycles. The SMILES string of the molecule is CC1(C)CN(c2ccc(OC(F)(F)F)c(Cl)c2)[C@H]2CCCC[C@@H]2N1. The molecule has 1 N–H and O–H groups in total. The Balaban J connectivity index is 1.87. The maximum absolute atomic E-state index is 12.4. The van der Waals surface area contributed by atoms with Crippen LogP contribution in [0, 0.1) is 0 Å². The van der Waals surface area contributed by atoms with E-state index in [1.54, 1.807) is 12.1 Å². The number of nitrogens with zero attached hydrogens (tertiary/aromatic N) is 1. The summed E-state index contributed by atoms with van der Waals surface area (Å²) in [5, 5.41) is 3.68. The number of hydrogen-bond acceptors (Lipinski definition) is 3. The van der Waals surface area contributed by atoms with Crippen LogP contribution < -0.4 is 15.0 Å². The minimum atomic E-state index is -4.74. The highest BCUT2D eigenvalue weighted by molar-refractivity contribution is 6.32. The Bertz CT molecular complexity index is 606. The number of benzene rings is 1. The number of fused-ring (bicyclic) bond motifs is 1. The van der Waals surface area contributed by atoms with Crippen LogP contribution in [0.4, 0.5) is 18.9 Å². The van der Waals surface area contributed by atoms with E-state index in [-0.39, 0.29) is 16.3 Å². The molecule has 3 rings (SSSR count). The second-order valence-electron chi connectivity index (χ2n) is 7.28. The lowest BCUT2D eigenvalue weighted by Crippen LogP contribution is -2.67. The van der Waals surface area contributed by atoms with E-state index in [1.807, 2.05) is 0 Å². The number of halogens is 4. The molecule has 3 nitrogen and oxygen atoms in total. The first-order valence-corrected chi connectivity index (χ1v) is 8.62. The van der Waals surface area contributed by atoms with Crippen molar-refractivity contribution in [3.05, 3.63) is 23.2 Å². The molecule has 0 unspecified atom stereocenters. The zero-order chi connectivity index (χ0) is 17.5. The molecule has 1 aromatic rings. The number of hydrogen-bond donors (Lipinski definition) is 1. The molecular formula is C17H22ClF3N2O. The first-order chi connectivity index (χ1) is 11.1. The van der Waals surface area contributed by atoms with Gasteiger partial charge in [0.05, 0.1) is 5.02 Å². The van der Waals surface area contributed by atoms with Crippen LogP contribution in [-0.2, 0) is 0 Å². The summed E-state index contributed by atoms with van der Waals surface area (Å²) in [6.45, 7) is 5.07. The number of alkyl halides is 3. The van der Waals surface area contributed by atoms with Gasteiger partial charge >= 0.3 is 6.36 Å². The van der Waals surface area contributed by atoms with Crippen LogP contribution in [0.25, 0.3) is 0 Å². The topological polar surface area (TPSA) is 24.5 Å². The van der Waals surface area contributed by atoms with Crippen molar-refractivity contribution in [3.63, 3.8) is 0 Å². The lowest BCUT2D eigenvalue weighted by Gasteiger charge is -2.52. The third kappa shape index (κ3) is 3.91. The van der Waals surface area contributed by atoms with E-state index in [0.29, 0.717) is 12.1 Å². The molecule has 134 valence electrons. The minimum absolute atomic E-state index is 0.0199. The van der Waals surface area contributed by atoms with Crippen LogP contribution >= 0.6 is 11.6 Å². The Morgan fingerprint density at radius 3 is 2.62 bits per heavy atom. The molecule has 1 saturated carbocycles. The fraction of sp³-hybridized carbons (Fsp3) is 0.647. The van der Waals surface area contributed by atoms with E-state index < -0.39 is 6.36 Å². The van der Waals surface area contributed by atoms with Crippen molar-refractivity contribution >= 4 is 17.3 Å². The van der Waals surface area contributed by atoms with Crippen molar-refractivity contribution < 1.29 is 17.9 Å². The smallest absolute Gasteiger partial charge is 0.404 e. The predicted molar refractivity (Wildman–Crippen MR) is 88.7 cm³/mol. The quantitative estimate of drug-likeness (QED) is 0.822. The molecule has 2 aliphatic rings. The average Bonchev–Trinajstić information content (AvgIpc) is 2.46. The van der Waals surface area contributed by atoms with Crippen LogP contribution in [0.2, 0.25) is 5.02 Å². The largest absolute Gasteiger partial charge is 0.573 e. The van der Waals surface area contributed by atoms with Gasteiger partial charge in [0.25, 0.3) is 0 Å². The third-order valence-corrected chi connectivity index (χ3v) is 5.04. The van der Waals surface area contributed by atoms with E-state index in [2.05, 4.69) is 28.8 Å². The first-order valence-electron chi connectivity index (χ1n) is 8.24. The zero-order valence-electron chi connectivity index (χ0n) is 13.8. The highest BCUT2D eigenvalue weighted by Gasteiger charge is 2.40. The highest BCUT2D eigenvalue weighted by Crippen LogP contribution is 2.38. The average molecular weight is 363 g/mol. The Hall–Kier alpha value is -1.14. The summed E-state index contributed by atoms with van der Waals surface area (Å²) in [6, 6.07) is 5.29. The van der Waals surface area contributed by atoms with Gasteiger partial charge in [-0.1, -0.05) is 24.4 Å². The van der Waals surface area contributed by atoms with Crippen LogP contribution in [0.15, 0.2) is 18.2 Å². The van der Waals surface area contributed by atoms with E-state index in [1.165, 1.54) is 18.9 Å². The molecule has 7 heteroatoms. The Morgan fingerprint density at radius 2 is 1.96 bits per heavy atom. The molecule has 0 spiro atoms. The highest BCUT2D eigenvalue weighted by atomic mass is 35.5. The molecule has 1 aliphatic heterocycles. The number of rotatable bonds is 2. The molecule has 2 atom stereocenters. The predicted octanol–water partition coefficient (Wildman–Crippen LogP) is 4.74. The second-order valence-corrected chi connectivity index (χ2v) is 7.68. The van der Waals surface area contributed by atoms with E-state index >= 15 is 0 Å². The molecule has 0 radical (unpaired) electrons. The molecule has 0 bridgehead atoms. The normalized spacial score (nSPS) is 26.8. The summed E-state index contributed by atoms with van der Waals surface area (Å²) in [4.78, 5) is 2.28. The van der Waals surface area contributed by atoms with Gasteiger partial charge in [0.15, 0.2) is 0 Å². The summed E-state index contributed by atoms with van der Waals surface area (Å²) in [5.41, 5.74) is 0.785. The molecular weight excluding hydrogens is 341 g/mol. The van der Waals surface area contributed by atoms with Crippen LogP contribution in [0.3, 0.4) is 0 Å². The number of nitrogens with one attached hydrogen (secondary N) is 1. The molecule has 24 heavy (non-hydrogen) atoms. The van der Waals surface area contributed by atoms with Gasteiger partial charge < -0.3 is 15.0 Å². The van der Waals surface area contributed by atoms with Crippen molar-refractivity contribution in [2.45, 2.75) is 63.5 Å². The Kier molecular flexibility index (Phi) is 4.64. The van der Waals surface area contributed by atoms with E-state index in [9.17, 15) is 13.2 Å². The summed E-state index contributed by atoms with van der Waals surface area (Å²) in [6.07, 6.45) is -0.170. The van der Waals surface area contributed by atoms with Gasteiger partial charge in [-0.2, -0.15) is 0 Å². The van der Waals surface area contributed by atoms with Crippen LogP contribution in [0.5, 0.6) is 5.75 Å². The lowest BCUT2D eigenvalue weighted by atomic mass is 9.83. The number of ether oxygens (including phenoxy) is 1. The fourth-order valence-corrected chi connectivity index (χ4v) is 4.12. The Labute approximate surface area is 145 Å². The van der Waals surface area contributed by atoms with E-state index in [0.717, 1.165) is 25.1 Å². The first kappa shape index (κ1) is 17.7. The lowest BCUT2D eigenvalue weighted by molar-refractivity contribution is -0.274. The van der Waals surface area contributed by atoms with Gasteiger partial charge in [-0.25, -0.2) is 0 Å². The zero-order valence-corrected chi connectivity index (χ0v) is 14.5. The molecule has 1 heterocycles. The molecule has 1 aromatic carbocycles. The van der Waals surface area contributed by atoms with Crippen LogP contribution in [0.1, 0.15) is 39.5 Å². The number of anilines is 1. The maximum atomic E-state index is 12.4. The van der Waals surface area contributed by atoms with Crippen molar-refractivity contribution in [2.24, 2.45) is 0 Å². The van der Waals surface area contributed by atoms with Gasteiger partial charge in [-0.05, 0) is 44.9 Å². The van der Waals surface area contributed by atoms with Crippen molar-refractivity contribution in [3.8, 4) is 5.75 Å². The summed E-state index contributed by atoms with van der Waals surface area (Å²) < 4.78 is 41.2. The summed E-state index contributed by atoms with van der Waals surface area (Å²) >= 11 is 6.03. The van der Waals surface area contributed by atoms with Gasteiger partial charge in [0.1, 0.15) is 5.75 Å². The molecule has 2 fully saturated rings. The van der Waals surface area contributed by atoms with Gasteiger partial charge in [-0.15, -0.1) is 13.2 Å². The maximum Gasteiger partial charge on any atom is 0.573 e. The molecule has 1 aliphatic carbocycles. The molecule has 1 saturated heterocycles. The summed E-state index contributed by atoms with van der Waals surface area (Å²) in [5.74, 6) is -0.359. The van der Waals surface area contributed by atoms with Crippen LogP contribution in [-0.4, -0.2) is 30.5 Å². The van der Waals surface area contributed by atoms with Crippen molar-refractivity contribution in [1.29, 1.82) is 0 Å². The van der Waals surface area contributed by atoms with Gasteiger partial charge in [0.2, 0.25) is 0 Å². The summed E-state index contributed by atoms with van der Waals surface area (Å²) in [7, 11) is 0. The fourth-order valence-electron chi connectivity index (χ4n) is 3.90. The Morgan fingerprint density at radius 1 is 1.25 bits per heavy atom. The molecule has 0 amide bonds. The van der Waals surface area contributed by atoms with Gasteiger partial charge in [-0.3, -0.25) is 0 Å². The standard InChI is InChI=1S/C17H22ClF3N2O/c1-16(2)10-23(14-6-4-3-5-13(14)22-16)11-7-8-15(12(18)9-11)24-17(19,20)21/h7-9,13-14,22H,3-6,10H2,1-2H3/t13-,14-/m0/s1. The number of piperazine rings is 1. The van der Waals surface area contributed by atoms with E-state index in [4.69, 9.17) is 11.6 Å². The third-order valence-electron chi connectivity index (χ3n) is 4.74.